The zero-order valence-corrected chi connectivity index (χ0v) is 13.6. The van der Waals surface area contributed by atoms with Crippen molar-refractivity contribution in [1.29, 1.82) is 0 Å². The number of anilines is 1. The lowest BCUT2D eigenvalue weighted by molar-refractivity contribution is -0.402. The minimum atomic E-state index is -0.699. The number of amides is 1. The number of nitrogens with zero attached hydrogens (tertiary/aromatic N) is 4. The van der Waals surface area contributed by atoms with Gasteiger partial charge in [0.25, 0.3) is 5.91 Å². The van der Waals surface area contributed by atoms with Crippen LogP contribution >= 0.6 is 0 Å². The summed E-state index contributed by atoms with van der Waals surface area (Å²) in [7, 11) is 0. The Labute approximate surface area is 143 Å². The number of carbonyl (C=O) groups is 1. The molecular weight excluding hydrogens is 330 g/mol. The molecule has 3 rings (SSSR count). The summed E-state index contributed by atoms with van der Waals surface area (Å²) in [6.07, 6.45) is 0. The predicted molar refractivity (Wildman–Crippen MR) is 86.3 cm³/mol. The first kappa shape index (κ1) is 16.8. The number of nitrogens with one attached hydrogen (secondary N) is 1. The van der Waals surface area contributed by atoms with Crippen LogP contribution in [0.3, 0.4) is 0 Å². The highest BCUT2D eigenvalue weighted by atomic mass is 16.6. The minimum Gasteiger partial charge on any atom is -0.395 e. The smallest absolute Gasteiger partial charge is 0.395 e. The molecule has 10 heteroatoms. The molecule has 0 spiro atoms. The first-order valence-electron chi connectivity index (χ1n) is 7.72. The Kier molecular flexibility index (Phi) is 4.89. The molecule has 0 aliphatic carbocycles. The van der Waals surface area contributed by atoms with E-state index in [9.17, 15) is 14.9 Å². The van der Waals surface area contributed by atoms with E-state index in [-0.39, 0.29) is 12.3 Å². The van der Waals surface area contributed by atoms with Crippen molar-refractivity contribution in [2.45, 2.75) is 13.5 Å². The molecule has 0 saturated carbocycles. The largest absolute Gasteiger partial charge is 0.433 e. The highest BCUT2D eigenvalue weighted by Crippen LogP contribution is 2.16. The first-order valence-corrected chi connectivity index (χ1v) is 7.72. The molecule has 1 fully saturated rings. The monoisotopic (exact) mass is 347 g/mol. The van der Waals surface area contributed by atoms with Gasteiger partial charge in [-0.25, -0.2) is 9.97 Å². The van der Waals surface area contributed by atoms with Gasteiger partial charge < -0.3 is 19.4 Å². The van der Waals surface area contributed by atoms with Gasteiger partial charge >= 0.3 is 5.88 Å². The molecular formula is C15H17N5O5. The van der Waals surface area contributed by atoms with E-state index >= 15 is 0 Å². The SMILES string of the molecule is Cc1cc(N2CCOCC2)nc(CNC(=O)c2ccc([N+](=O)[O-])o2)n1. The fraction of sp³-hybridized carbons (Fsp3) is 0.400. The Hall–Kier alpha value is -3.01. The topological polar surface area (TPSA) is 124 Å². The average Bonchev–Trinajstić information content (AvgIpc) is 3.10. The normalized spacial score (nSPS) is 14.4. The van der Waals surface area contributed by atoms with E-state index in [0.29, 0.717) is 19.0 Å². The van der Waals surface area contributed by atoms with Crippen LogP contribution in [-0.4, -0.2) is 47.1 Å². The molecule has 0 radical (unpaired) electrons. The number of ether oxygens (including phenoxy) is 1. The van der Waals surface area contributed by atoms with Gasteiger partial charge in [0, 0.05) is 24.8 Å². The number of furan rings is 1. The molecule has 132 valence electrons. The van der Waals surface area contributed by atoms with Crippen LogP contribution < -0.4 is 10.2 Å². The molecule has 10 nitrogen and oxygen atoms in total. The Morgan fingerprint density at radius 1 is 1.36 bits per heavy atom. The quantitative estimate of drug-likeness (QED) is 0.629. The van der Waals surface area contributed by atoms with Crippen LogP contribution in [0, 0.1) is 17.0 Å². The number of aryl methyl sites for hydroxylation is 1. The standard InChI is InChI=1S/C15H17N5O5/c1-10-8-13(19-4-6-24-7-5-19)18-12(17-10)9-16-15(21)11-2-3-14(25-11)20(22)23/h2-3,8H,4-7,9H2,1H3,(H,16,21). The highest BCUT2D eigenvalue weighted by molar-refractivity contribution is 5.91. The van der Waals surface area contributed by atoms with E-state index in [4.69, 9.17) is 9.15 Å². The molecule has 1 saturated heterocycles. The lowest BCUT2D eigenvalue weighted by atomic mass is 10.3. The van der Waals surface area contributed by atoms with Crippen molar-refractivity contribution in [1.82, 2.24) is 15.3 Å². The van der Waals surface area contributed by atoms with Crippen LogP contribution in [0.5, 0.6) is 0 Å². The summed E-state index contributed by atoms with van der Waals surface area (Å²) in [4.78, 5) is 32.8. The number of hydrogen-bond donors (Lipinski definition) is 1. The molecule has 1 aliphatic heterocycles. The first-order chi connectivity index (χ1) is 12.0. The molecule has 1 N–H and O–H groups in total. The fourth-order valence-corrected chi connectivity index (χ4v) is 2.44. The third kappa shape index (κ3) is 4.10. The van der Waals surface area contributed by atoms with E-state index in [1.165, 1.54) is 6.07 Å². The van der Waals surface area contributed by atoms with Crippen molar-refractivity contribution in [2.75, 3.05) is 31.2 Å². The number of carbonyl (C=O) groups excluding carboxylic acids is 1. The third-order valence-corrected chi connectivity index (χ3v) is 3.62. The molecule has 3 heterocycles. The average molecular weight is 347 g/mol. The number of rotatable bonds is 5. The highest BCUT2D eigenvalue weighted by Gasteiger charge is 2.18. The fourth-order valence-electron chi connectivity index (χ4n) is 2.44. The van der Waals surface area contributed by atoms with Crippen LogP contribution in [0.25, 0.3) is 0 Å². The summed E-state index contributed by atoms with van der Waals surface area (Å²) in [6, 6.07) is 4.27. The van der Waals surface area contributed by atoms with Gasteiger partial charge in [-0.3, -0.25) is 14.9 Å². The van der Waals surface area contributed by atoms with Crippen LogP contribution in [0.2, 0.25) is 0 Å². The molecule has 0 atom stereocenters. The predicted octanol–water partition coefficient (Wildman–Crippen LogP) is 1.05. The summed E-state index contributed by atoms with van der Waals surface area (Å²) in [5.74, 6) is 0.0648. The lowest BCUT2D eigenvalue weighted by Gasteiger charge is -2.28. The second kappa shape index (κ2) is 7.26. The van der Waals surface area contributed by atoms with Crippen molar-refractivity contribution in [2.24, 2.45) is 0 Å². The number of aromatic nitrogens is 2. The van der Waals surface area contributed by atoms with Crippen LogP contribution in [-0.2, 0) is 11.3 Å². The second-order valence-corrected chi connectivity index (χ2v) is 5.46. The van der Waals surface area contributed by atoms with Crippen molar-refractivity contribution >= 4 is 17.6 Å². The summed E-state index contributed by atoms with van der Waals surface area (Å²) in [5, 5.41) is 13.2. The van der Waals surface area contributed by atoms with Crippen molar-refractivity contribution in [3.63, 3.8) is 0 Å². The minimum absolute atomic E-state index is 0.0896. The zero-order valence-electron chi connectivity index (χ0n) is 13.6. The van der Waals surface area contributed by atoms with Gasteiger partial charge in [-0.1, -0.05) is 0 Å². The third-order valence-electron chi connectivity index (χ3n) is 3.62. The summed E-state index contributed by atoms with van der Waals surface area (Å²) >= 11 is 0. The Morgan fingerprint density at radius 2 is 2.12 bits per heavy atom. The van der Waals surface area contributed by atoms with Crippen LogP contribution in [0.15, 0.2) is 22.6 Å². The molecule has 1 aliphatic rings. The van der Waals surface area contributed by atoms with Gasteiger partial charge in [-0.15, -0.1) is 0 Å². The number of morpholine rings is 1. The van der Waals surface area contributed by atoms with Gasteiger partial charge in [0.15, 0.2) is 5.76 Å². The Balaban J connectivity index is 1.66. The van der Waals surface area contributed by atoms with E-state index in [1.54, 1.807) is 0 Å². The molecule has 2 aromatic heterocycles. The van der Waals surface area contributed by atoms with Crippen LogP contribution in [0.4, 0.5) is 11.7 Å². The van der Waals surface area contributed by atoms with Gasteiger partial charge in [0.1, 0.15) is 16.6 Å². The molecule has 25 heavy (non-hydrogen) atoms. The summed E-state index contributed by atoms with van der Waals surface area (Å²) < 4.78 is 10.2. The Bertz CT molecular complexity index is 784. The number of hydrogen-bond acceptors (Lipinski definition) is 8. The zero-order chi connectivity index (χ0) is 17.8. The van der Waals surface area contributed by atoms with Gasteiger partial charge in [-0.2, -0.15) is 0 Å². The maximum Gasteiger partial charge on any atom is 0.433 e. The number of nitro groups is 1. The van der Waals surface area contributed by atoms with Crippen molar-refractivity contribution in [3.8, 4) is 0 Å². The van der Waals surface area contributed by atoms with Crippen LogP contribution in [0.1, 0.15) is 22.1 Å². The molecule has 2 aromatic rings. The van der Waals surface area contributed by atoms with E-state index in [1.807, 2.05) is 13.0 Å². The summed E-state index contributed by atoms with van der Waals surface area (Å²) in [6.45, 7) is 4.73. The Morgan fingerprint density at radius 3 is 2.80 bits per heavy atom. The van der Waals surface area contributed by atoms with Crippen molar-refractivity contribution < 1.29 is 18.9 Å². The lowest BCUT2D eigenvalue weighted by Crippen LogP contribution is -2.37. The summed E-state index contributed by atoms with van der Waals surface area (Å²) in [5.41, 5.74) is 0.786. The molecule has 0 bridgehead atoms. The van der Waals surface area contributed by atoms with Gasteiger partial charge in [0.05, 0.1) is 25.8 Å². The van der Waals surface area contributed by atoms with E-state index in [2.05, 4.69) is 20.2 Å². The molecule has 0 aromatic carbocycles. The molecule has 0 unspecified atom stereocenters. The maximum absolute atomic E-state index is 12.0. The van der Waals surface area contributed by atoms with Crippen molar-refractivity contribution in [3.05, 3.63) is 45.6 Å². The van der Waals surface area contributed by atoms with E-state index in [0.717, 1.165) is 30.7 Å². The van der Waals surface area contributed by atoms with E-state index < -0.39 is 16.7 Å². The van der Waals surface area contributed by atoms with Gasteiger partial charge in [0.2, 0.25) is 0 Å². The second-order valence-electron chi connectivity index (χ2n) is 5.46. The van der Waals surface area contributed by atoms with Gasteiger partial charge in [-0.05, 0) is 13.0 Å². The molecule has 1 amide bonds. The maximum atomic E-state index is 12.0.